The number of para-hydroxylation sites is 1. The number of likely N-dealkylation sites (tertiary alicyclic amines) is 1. The van der Waals surface area contributed by atoms with Gasteiger partial charge in [0.25, 0.3) is 5.91 Å². The highest BCUT2D eigenvalue weighted by molar-refractivity contribution is 6.08. The number of nitrogens with zero attached hydrogens (tertiary/aromatic N) is 2. The van der Waals surface area contributed by atoms with Gasteiger partial charge in [-0.15, -0.1) is 0 Å². The van der Waals surface area contributed by atoms with E-state index in [9.17, 15) is 9.18 Å². The van der Waals surface area contributed by atoms with E-state index in [0.29, 0.717) is 11.3 Å². The molecule has 4 rings (SSSR count). The van der Waals surface area contributed by atoms with E-state index in [1.54, 1.807) is 19.2 Å². The molecule has 166 valence electrons. The van der Waals surface area contributed by atoms with Gasteiger partial charge in [-0.1, -0.05) is 36.4 Å². The fourth-order valence-corrected chi connectivity index (χ4v) is 4.45. The molecule has 0 atom stereocenters. The third-order valence-electron chi connectivity index (χ3n) is 6.05. The van der Waals surface area contributed by atoms with Crippen LogP contribution >= 0.6 is 0 Å². The second kappa shape index (κ2) is 9.96. The van der Waals surface area contributed by atoms with Crippen molar-refractivity contribution in [3.05, 3.63) is 95.3 Å². The van der Waals surface area contributed by atoms with E-state index in [1.165, 1.54) is 6.07 Å². The van der Waals surface area contributed by atoms with Crippen molar-refractivity contribution in [2.24, 2.45) is 0 Å². The summed E-state index contributed by atoms with van der Waals surface area (Å²) in [6.07, 6.45) is 1.70. The molecule has 0 aliphatic carbocycles. The van der Waals surface area contributed by atoms with Crippen molar-refractivity contribution in [2.75, 3.05) is 25.1 Å². The average molecular weight is 433 g/mol. The lowest BCUT2D eigenvalue weighted by atomic mass is 9.99. The molecule has 5 heteroatoms. The normalized spacial score (nSPS) is 14.8. The number of benzene rings is 3. The highest BCUT2D eigenvalue weighted by atomic mass is 19.1. The number of methoxy groups -OCH3 is 1. The maximum absolute atomic E-state index is 13.7. The number of carbonyl (C=O) groups excluding carboxylic acids is 1. The van der Waals surface area contributed by atoms with Crippen molar-refractivity contribution in [3.8, 4) is 5.75 Å². The number of aryl methyl sites for hydroxylation is 1. The van der Waals surface area contributed by atoms with Crippen molar-refractivity contribution >= 4 is 11.6 Å². The SMILES string of the molecule is COc1ccccc1C(=O)N(c1cccc(C)c1)C1CCN(Cc2cccc(F)c2)CC1. The molecule has 1 saturated heterocycles. The van der Waals surface area contributed by atoms with Crippen LogP contribution in [0.15, 0.2) is 72.8 Å². The Balaban J connectivity index is 1.55. The zero-order valence-electron chi connectivity index (χ0n) is 18.6. The van der Waals surface area contributed by atoms with Gasteiger partial charge in [-0.05, 0) is 67.3 Å². The number of ether oxygens (including phenoxy) is 1. The van der Waals surface area contributed by atoms with Gasteiger partial charge >= 0.3 is 0 Å². The van der Waals surface area contributed by atoms with Gasteiger partial charge in [-0.3, -0.25) is 9.69 Å². The molecule has 4 nitrogen and oxygen atoms in total. The number of piperidine rings is 1. The summed E-state index contributed by atoms with van der Waals surface area (Å²) in [4.78, 5) is 18.0. The molecule has 0 radical (unpaired) electrons. The Morgan fingerprint density at radius 2 is 1.78 bits per heavy atom. The molecule has 0 spiro atoms. The van der Waals surface area contributed by atoms with E-state index in [2.05, 4.69) is 11.0 Å². The minimum absolute atomic E-state index is 0.0448. The topological polar surface area (TPSA) is 32.8 Å². The fraction of sp³-hybridized carbons (Fsp3) is 0.296. The molecule has 0 unspecified atom stereocenters. The van der Waals surface area contributed by atoms with Crippen LogP contribution < -0.4 is 9.64 Å². The van der Waals surface area contributed by atoms with Gasteiger partial charge < -0.3 is 9.64 Å². The Labute approximate surface area is 189 Å². The molecule has 1 aliphatic heterocycles. The first kappa shape index (κ1) is 22.0. The second-order valence-electron chi connectivity index (χ2n) is 8.35. The quantitative estimate of drug-likeness (QED) is 0.519. The summed E-state index contributed by atoms with van der Waals surface area (Å²) in [5.74, 6) is 0.334. The van der Waals surface area contributed by atoms with Crippen LogP contribution in [0.5, 0.6) is 5.75 Å². The number of carbonyl (C=O) groups is 1. The summed E-state index contributed by atoms with van der Waals surface area (Å²) in [5.41, 5.74) is 3.57. The molecular formula is C27H29FN2O2. The van der Waals surface area contributed by atoms with Crippen molar-refractivity contribution in [1.82, 2.24) is 4.90 Å². The van der Waals surface area contributed by atoms with Gasteiger partial charge in [0.1, 0.15) is 11.6 Å². The first-order chi connectivity index (χ1) is 15.5. The molecule has 32 heavy (non-hydrogen) atoms. The Morgan fingerprint density at radius 1 is 1.03 bits per heavy atom. The highest BCUT2D eigenvalue weighted by Gasteiger charge is 2.31. The van der Waals surface area contributed by atoms with Crippen LogP contribution in [0, 0.1) is 12.7 Å². The maximum Gasteiger partial charge on any atom is 0.262 e. The number of hydrogen-bond acceptors (Lipinski definition) is 3. The number of amides is 1. The predicted molar refractivity (Wildman–Crippen MR) is 126 cm³/mol. The Bertz CT molecular complexity index is 1080. The summed E-state index contributed by atoms with van der Waals surface area (Å²) >= 11 is 0. The van der Waals surface area contributed by atoms with Crippen LogP contribution in [0.2, 0.25) is 0 Å². The highest BCUT2D eigenvalue weighted by Crippen LogP contribution is 2.29. The Kier molecular flexibility index (Phi) is 6.86. The largest absolute Gasteiger partial charge is 0.496 e. The van der Waals surface area contributed by atoms with Crippen molar-refractivity contribution in [2.45, 2.75) is 32.4 Å². The molecule has 1 amide bonds. The summed E-state index contributed by atoms with van der Waals surface area (Å²) in [6, 6.07) is 22.3. The van der Waals surface area contributed by atoms with Gasteiger partial charge in [0, 0.05) is 31.4 Å². The minimum Gasteiger partial charge on any atom is -0.496 e. The van der Waals surface area contributed by atoms with E-state index in [4.69, 9.17) is 4.74 Å². The van der Waals surface area contributed by atoms with Crippen LogP contribution in [0.25, 0.3) is 0 Å². The molecule has 1 heterocycles. The summed E-state index contributed by atoms with van der Waals surface area (Å²) in [7, 11) is 1.59. The zero-order chi connectivity index (χ0) is 22.5. The van der Waals surface area contributed by atoms with Crippen LogP contribution in [-0.2, 0) is 6.54 Å². The van der Waals surface area contributed by atoms with E-state index >= 15 is 0 Å². The van der Waals surface area contributed by atoms with Gasteiger partial charge in [0.05, 0.1) is 12.7 Å². The monoisotopic (exact) mass is 432 g/mol. The Morgan fingerprint density at radius 3 is 2.50 bits per heavy atom. The molecule has 0 saturated carbocycles. The van der Waals surface area contributed by atoms with E-state index < -0.39 is 0 Å². The van der Waals surface area contributed by atoms with Gasteiger partial charge in [-0.2, -0.15) is 0 Å². The van der Waals surface area contributed by atoms with Crippen LogP contribution in [0.3, 0.4) is 0 Å². The van der Waals surface area contributed by atoms with Crippen molar-refractivity contribution in [3.63, 3.8) is 0 Å². The van der Waals surface area contributed by atoms with Gasteiger partial charge in [-0.25, -0.2) is 4.39 Å². The summed E-state index contributed by atoms with van der Waals surface area (Å²) < 4.78 is 19.0. The third-order valence-corrected chi connectivity index (χ3v) is 6.05. The standard InChI is InChI=1S/C27H29FN2O2/c1-20-7-5-10-24(17-20)30(27(31)25-11-3-4-12-26(25)32-2)23-13-15-29(16-14-23)19-21-8-6-9-22(28)18-21/h3-12,17-18,23H,13-16,19H2,1-2H3. The van der Waals surface area contributed by atoms with Crippen LogP contribution in [0.4, 0.5) is 10.1 Å². The third kappa shape index (κ3) is 5.00. The number of rotatable bonds is 6. The average Bonchev–Trinajstić information content (AvgIpc) is 2.80. The lowest BCUT2D eigenvalue weighted by molar-refractivity contribution is 0.0955. The van der Waals surface area contributed by atoms with E-state index in [-0.39, 0.29) is 17.8 Å². The first-order valence-corrected chi connectivity index (χ1v) is 11.0. The molecule has 3 aromatic carbocycles. The molecular weight excluding hydrogens is 403 g/mol. The maximum atomic E-state index is 13.7. The second-order valence-corrected chi connectivity index (χ2v) is 8.35. The molecule has 1 fully saturated rings. The van der Waals surface area contributed by atoms with Gasteiger partial charge in [0.15, 0.2) is 0 Å². The molecule has 0 aromatic heterocycles. The van der Waals surface area contributed by atoms with Crippen LogP contribution in [0.1, 0.15) is 34.3 Å². The first-order valence-electron chi connectivity index (χ1n) is 11.0. The van der Waals surface area contributed by atoms with Crippen molar-refractivity contribution < 1.29 is 13.9 Å². The van der Waals surface area contributed by atoms with Crippen molar-refractivity contribution in [1.29, 1.82) is 0 Å². The van der Waals surface area contributed by atoms with Crippen LogP contribution in [-0.4, -0.2) is 37.0 Å². The zero-order valence-corrected chi connectivity index (χ0v) is 18.6. The number of anilines is 1. The van der Waals surface area contributed by atoms with Gasteiger partial charge in [0.2, 0.25) is 0 Å². The number of halogens is 1. The molecule has 0 bridgehead atoms. The lowest BCUT2D eigenvalue weighted by Crippen LogP contribution is -2.47. The molecule has 3 aromatic rings. The molecule has 0 N–H and O–H groups in total. The fourth-order valence-electron chi connectivity index (χ4n) is 4.45. The smallest absolute Gasteiger partial charge is 0.262 e. The summed E-state index contributed by atoms with van der Waals surface area (Å²) in [6.45, 7) is 4.46. The lowest BCUT2D eigenvalue weighted by Gasteiger charge is -2.39. The molecule has 1 aliphatic rings. The van der Waals surface area contributed by atoms with E-state index in [1.807, 2.05) is 60.4 Å². The number of hydrogen-bond donors (Lipinski definition) is 0. The van der Waals surface area contributed by atoms with E-state index in [0.717, 1.165) is 49.3 Å². The minimum atomic E-state index is -0.203. The summed E-state index contributed by atoms with van der Waals surface area (Å²) in [5, 5.41) is 0. The predicted octanol–water partition coefficient (Wildman–Crippen LogP) is 5.45. The Hall–Kier alpha value is -3.18.